The van der Waals surface area contributed by atoms with Gasteiger partial charge in [-0.15, -0.1) is 0 Å². The molecule has 0 radical (unpaired) electrons. The van der Waals surface area contributed by atoms with Crippen molar-refractivity contribution < 1.29 is 18.3 Å². The SMILES string of the molecule is CCS(=O)(=O)c1ccc(CC(N)C(=O)O)cc1. The smallest absolute Gasteiger partial charge is 0.320 e. The van der Waals surface area contributed by atoms with E-state index >= 15 is 0 Å². The van der Waals surface area contributed by atoms with E-state index in [1.54, 1.807) is 19.1 Å². The minimum absolute atomic E-state index is 0.0426. The number of nitrogens with two attached hydrogens (primary N) is 1. The zero-order valence-electron chi connectivity index (χ0n) is 9.46. The van der Waals surface area contributed by atoms with Gasteiger partial charge in [-0.3, -0.25) is 4.79 Å². The Bertz CT molecular complexity index is 493. The van der Waals surface area contributed by atoms with Gasteiger partial charge in [0.05, 0.1) is 10.6 Å². The highest BCUT2D eigenvalue weighted by Gasteiger charge is 2.14. The van der Waals surface area contributed by atoms with Crippen molar-refractivity contribution in [2.24, 2.45) is 5.73 Å². The van der Waals surface area contributed by atoms with Gasteiger partial charge in [0, 0.05) is 0 Å². The summed E-state index contributed by atoms with van der Waals surface area (Å²) in [5, 5.41) is 8.64. The lowest BCUT2D eigenvalue weighted by atomic mass is 10.1. The molecule has 3 N–H and O–H groups in total. The van der Waals surface area contributed by atoms with Gasteiger partial charge in [-0.1, -0.05) is 19.1 Å². The van der Waals surface area contributed by atoms with Crippen LogP contribution in [0.25, 0.3) is 0 Å². The molecular formula is C11H15NO4S. The first-order valence-corrected chi connectivity index (χ1v) is 6.82. The van der Waals surface area contributed by atoms with Gasteiger partial charge in [-0.25, -0.2) is 8.42 Å². The van der Waals surface area contributed by atoms with E-state index in [0.29, 0.717) is 5.56 Å². The fourth-order valence-corrected chi connectivity index (χ4v) is 2.22. The first-order chi connectivity index (χ1) is 7.86. The van der Waals surface area contributed by atoms with Crippen molar-refractivity contribution >= 4 is 15.8 Å². The number of aliphatic carboxylic acids is 1. The van der Waals surface area contributed by atoms with Crippen LogP contribution < -0.4 is 5.73 Å². The molecule has 0 spiro atoms. The Labute approximate surface area is 100 Å². The first kappa shape index (κ1) is 13.7. The van der Waals surface area contributed by atoms with Crippen molar-refractivity contribution in [2.45, 2.75) is 24.3 Å². The first-order valence-electron chi connectivity index (χ1n) is 5.17. The summed E-state index contributed by atoms with van der Waals surface area (Å²) < 4.78 is 23.0. The molecule has 17 heavy (non-hydrogen) atoms. The van der Waals surface area contributed by atoms with Crippen LogP contribution in [0.1, 0.15) is 12.5 Å². The Morgan fingerprint density at radius 3 is 2.29 bits per heavy atom. The summed E-state index contributed by atoms with van der Waals surface area (Å²) in [6, 6.07) is 5.16. The maximum atomic E-state index is 11.5. The van der Waals surface area contributed by atoms with E-state index in [-0.39, 0.29) is 17.1 Å². The molecule has 0 aliphatic carbocycles. The van der Waals surface area contributed by atoms with Gasteiger partial charge in [0.25, 0.3) is 0 Å². The van der Waals surface area contributed by atoms with Crippen molar-refractivity contribution in [3.63, 3.8) is 0 Å². The molecule has 5 nitrogen and oxygen atoms in total. The summed E-state index contributed by atoms with van der Waals surface area (Å²) in [5.41, 5.74) is 6.08. The predicted octanol–water partition coefficient (Wildman–Crippen LogP) is 0.435. The third-order valence-electron chi connectivity index (χ3n) is 2.44. The van der Waals surface area contributed by atoms with E-state index in [4.69, 9.17) is 10.8 Å². The predicted molar refractivity (Wildman–Crippen MR) is 63.5 cm³/mol. The van der Waals surface area contributed by atoms with Crippen LogP contribution in [0.15, 0.2) is 29.2 Å². The van der Waals surface area contributed by atoms with Crippen molar-refractivity contribution in [2.75, 3.05) is 5.75 Å². The van der Waals surface area contributed by atoms with Gasteiger partial charge in [0.1, 0.15) is 6.04 Å². The van der Waals surface area contributed by atoms with E-state index in [1.807, 2.05) is 0 Å². The number of rotatable bonds is 5. The van der Waals surface area contributed by atoms with E-state index in [9.17, 15) is 13.2 Å². The number of sulfone groups is 1. The van der Waals surface area contributed by atoms with Gasteiger partial charge in [0.2, 0.25) is 0 Å². The monoisotopic (exact) mass is 257 g/mol. The molecule has 0 bridgehead atoms. The highest BCUT2D eigenvalue weighted by Crippen LogP contribution is 2.13. The number of carbonyl (C=O) groups is 1. The Kier molecular flexibility index (Phi) is 4.25. The van der Waals surface area contributed by atoms with Crippen LogP contribution in [0.4, 0.5) is 0 Å². The molecule has 0 saturated heterocycles. The van der Waals surface area contributed by atoms with Gasteiger partial charge >= 0.3 is 5.97 Å². The summed E-state index contributed by atoms with van der Waals surface area (Å²) in [6.07, 6.45) is 0.182. The molecule has 0 aliphatic rings. The van der Waals surface area contributed by atoms with Crippen LogP contribution in [-0.4, -0.2) is 31.3 Å². The quantitative estimate of drug-likeness (QED) is 0.797. The van der Waals surface area contributed by atoms with Gasteiger partial charge in [-0.2, -0.15) is 0 Å². The van der Waals surface area contributed by atoms with Crippen LogP contribution in [-0.2, 0) is 21.1 Å². The van der Waals surface area contributed by atoms with Gasteiger partial charge in [0.15, 0.2) is 9.84 Å². The second-order valence-electron chi connectivity index (χ2n) is 3.70. The lowest BCUT2D eigenvalue weighted by molar-refractivity contribution is -0.138. The standard InChI is InChI=1S/C11H15NO4S/c1-2-17(15,16)9-5-3-8(4-6-9)7-10(12)11(13)14/h3-6,10H,2,7,12H2,1H3,(H,13,14). The normalized spacial score (nSPS) is 13.3. The molecule has 0 fully saturated rings. The van der Waals surface area contributed by atoms with Gasteiger partial charge in [-0.05, 0) is 24.1 Å². The van der Waals surface area contributed by atoms with E-state index < -0.39 is 21.8 Å². The summed E-state index contributed by atoms with van der Waals surface area (Å²) in [6.45, 7) is 1.57. The lowest BCUT2D eigenvalue weighted by Crippen LogP contribution is -2.32. The summed E-state index contributed by atoms with van der Waals surface area (Å²) in [7, 11) is -3.21. The maximum Gasteiger partial charge on any atom is 0.320 e. The second kappa shape index (κ2) is 5.29. The fourth-order valence-electron chi connectivity index (χ4n) is 1.34. The maximum absolute atomic E-state index is 11.5. The van der Waals surface area contributed by atoms with Crippen LogP contribution in [0.5, 0.6) is 0 Å². The largest absolute Gasteiger partial charge is 0.480 e. The third-order valence-corrected chi connectivity index (χ3v) is 4.19. The minimum atomic E-state index is -3.21. The Morgan fingerprint density at radius 1 is 1.35 bits per heavy atom. The van der Waals surface area contributed by atoms with Crippen LogP contribution >= 0.6 is 0 Å². The molecule has 1 unspecified atom stereocenters. The Balaban J connectivity index is 2.86. The average Bonchev–Trinajstić information content (AvgIpc) is 2.29. The molecule has 94 valence electrons. The van der Waals surface area contributed by atoms with E-state index in [1.165, 1.54) is 12.1 Å². The van der Waals surface area contributed by atoms with E-state index in [2.05, 4.69) is 0 Å². The number of carboxylic acids is 1. The third kappa shape index (κ3) is 3.54. The molecular weight excluding hydrogens is 242 g/mol. The molecule has 0 heterocycles. The topological polar surface area (TPSA) is 97.5 Å². The minimum Gasteiger partial charge on any atom is -0.480 e. The van der Waals surface area contributed by atoms with Crippen molar-refractivity contribution in [1.82, 2.24) is 0 Å². The highest BCUT2D eigenvalue weighted by molar-refractivity contribution is 7.91. The summed E-state index contributed by atoms with van der Waals surface area (Å²) in [4.78, 5) is 10.8. The fraction of sp³-hybridized carbons (Fsp3) is 0.364. The molecule has 6 heteroatoms. The second-order valence-corrected chi connectivity index (χ2v) is 5.97. The summed E-state index contributed by atoms with van der Waals surface area (Å²) in [5.74, 6) is -1.03. The lowest BCUT2D eigenvalue weighted by Gasteiger charge is -2.07. The Morgan fingerprint density at radius 2 is 1.88 bits per heavy atom. The summed E-state index contributed by atoms with van der Waals surface area (Å²) >= 11 is 0. The zero-order chi connectivity index (χ0) is 13.1. The molecule has 0 saturated carbocycles. The van der Waals surface area contributed by atoms with Crippen LogP contribution in [0, 0.1) is 0 Å². The molecule has 0 aromatic heterocycles. The molecule has 0 amide bonds. The molecule has 1 aromatic carbocycles. The zero-order valence-corrected chi connectivity index (χ0v) is 10.3. The van der Waals surface area contributed by atoms with Gasteiger partial charge < -0.3 is 10.8 Å². The Hall–Kier alpha value is -1.40. The van der Waals surface area contributed by atoms with Crippen molar-refractivity contribution in [3.05, 3.63) is 29.8 Å². The molecule has 1 aromatic rings. The van der Waals surface area contributed by atoms with Crippen molar-refractivity contribution in [1.29, 1.82) is 0 Å². The number of benzene rings is 1. The van der Waals surface area contributed by atoms with E-state index in [0.717, 1.165) is 0 Å². The van der Waals surface area contributed by atoms with Crippen molar-refractivity contribution in [3.8, 4) is 0 Å². The van der Waals surface area contributed by atoms with Crippen LogP contribution in [0.3, 0.4) is 0 Å². The number of hydrogen-bond acceptors (Lipinski definition) is 4. The number of hydrogen-bond donors (Lipinski definition) is 2. The molecule has 1 rings (SSSR count). The van der Waals surface area contributed by atoms with Crippen LogP contribution in [0.2, 0.25) is 0 Å². The number of carboxylic acid groups (broad SMARTS) is 1. The molecule has 0 aliphatic heterocycles. The molecule has 1 atom stereocenters. The average molecular weight is 257 g/mol. The highest BCUT2D eigenvalue weighted by atomic mass is 32.2.